The van der Waals surface area contributed by atoms with Crippen LogP contribution >= 0.6 is 0 Å². The van der Waals surface area contributed by atoms with Crippen LogP contribution in [-0.4, -0.2) is 22.2 Å². The number of nitro groups is 1. The third kappa shape index (κ3) is 2.16. The van der Waals surface area contributed by atoms with Gasteiger partial charge in [0.25, 0.3) is 5.69 Å². The van der Waals surface area contributed by atoms with Gasteiger partial charge in [-0.2, -0.15) is 0 Å². The summed E-state index contributed by atoms with van der Waals surface area (Å²) in [5, 5.41) is 20.9. The first-order valence-electron chi connectivity index (χ1n) is 7.21. The monoisotopic (exact) mass is 277 g/mol. The van der Waals surface area contributed by atoms with Gasteiger partial charge >= 0.3 is 0 Å². The summed E-state index contributed by atoms with van der Waals surface area (Å²) in [6, 6.07) is 6.30. The summed E-state index contributed by atoms with van der Waals surface area (Å²) in [7, 11) is 0. The number of non-ortho nitro benzene ring substituents is 1. The standard InChI is InChI=1S/C15H19NO4/c17-13-10-14(15(13)7-2-1-3-8-15)20-12-6-4-5-11(9-12)16(18)19/h4-6,9,13-14,17H,1-3,7-8,10H2. The van der Waals surface area contributed by atoms with Crippen molar-refractivity contribution in [3.8, 4) is 5.75 Å². The second kappa shape index (κ2) is 5.05. The van der Waals surface area contributed by atoms with Crippen LogP contribution < -0.4 is 4.74 Å². The Bertz CT molecular complexity index is 510. The summed E-state index contributed by atoms with van der Waals surface area (Å²) < 4.78 is 5.94. The molecule has 2 aliphatic carbocycles. The van der Waals surface area contributed by atoms with Gasteiger partial charge in [0.05, 0.1) is 17.1 Å². The molecule has 0 bridgehead atoms. The number of rotatable bonds is 3. The molecule has 1 spiro atoms. The van der Waals surface area contributed by atoms with Gasteiger partial charge in [-0.15, -0.1) is 0 Å². The molecular weight excluding hydrogens is 258 g/mol. The fraction of sp³-hybridized carbons (Fsp3) is 0.600. The smallest absolute Gasteiger partial charge is 0.273 e. The molecule has 0 amide bonds. The minimum atomic E-state index is -0.418. The molecule has 0 saturated heterocycles. The highest BCUT2D eigenvalue weighted by Gasteiger charge is 2.56. The molecular formula is C15H19NO4. The first-order valence-corrected chi connectivity index (χ1v) is 7.21. The highest BCUT2D eigenvalue weighted by atomic mass is 16.6. The molecule has 20 heavy (non-hydrogen) atoms. The van der Waals surface area contributed by atoms with Crippen molar-refractivity contribution in [3.63, 3.8) is 0 Å². The van der Waals surface area contributed by atoms with Crippen LogP contribution in [0.2, 0.25) is 0 Å². The normalized spacial score (nSPS) is 27.9. The van der Waals surface area contributed by atoms with E-state index in [4.69, 9.17) is 4.74 Å². The first-order chi connectivity index (χ1) is 9.62. The molecule has 3 rings (SSSR count). The van der Waals surface area contributed by atoms with Gasteiger partial charge < -0.3 is 9.84 Å². The number of benzene rings is 1. The maximum absolute atomic E-state index is 10.8. The predicted octanol–water partition coefficient (Wildman–Crippen LogP) is 3.06. The molecule has 0 aliphatic heterocycles. The van der Waals surface area contributed by atoms with E-state index in [1.165, 1.54) is 18.6 Å². The van der Waals surface area contributed by atoms with Crippen LogP contribution in [-0.2, 0) is 0 Å². The minimum Gasteiger partial charge on any atom is -0.489 e. The number of hydrogen-bond donors (Lipinski definition) is 1. The van der Waals surface area contributed by atoms with Crippen molar-refractivity contribution in [2.24, 2.45) is 5.41 Å². The lowest BCUT2D eigenvalue weighted by molar-refractivity contribution is -0.385. The molecule has 0 radical (unpaired) electrons. The highest BCUT2D eigenvalue weighted by molar-refractivity contribution is 5.38. The molecule has 2 atom stereocenters. The number of nitrogens with zero attached hydrogens (tertiary/aromatic N) is 1. The quantitative estimate of drug-likeness (QED) is 0.680. The van der Waals surface area contributed by atoms with Gasteiger partial charge in [0.15, 0.2) is 0 Å². The predicted molar refractivity (Wildman–Crippen MR) is 73.7 cm³/mol. The van der Waals surface area contributed by atoms with Crippen LogP contribution in [0.25, 0.3) is 0 Å². The number of ether oxygens (including phenoxy) is 1. The fourth-order valence-corrected chi connectivity index (χ4v) is 3.59. The fourth-order valence-electron chi connectivity index (χ4n) is 3.59. The van der Waals surface area contributed by atoms with Gasteiger partial charge in [0, 0.05) is 17.9 Å². The van der Waals surface area contributed by atoms with E-state index in [0.717, 1.165) is 25.7 Å². The largest absolute Gasteiger partial charge is 0.489 e. The van der Waals surface area contributed by atoms with Crippen LogP contribution in [0.4, 0.5) is 5.69 Å². The van der Waals surface area contributed by atoms with Crippen molar-refractivity contribution < 1.29 is 14.8 Å². The summed E-state index contributed by atoms with van der Waals surface area (Å²) in [5.41, 5.74) is -0.0804. The SMILES string of the molecule is O=[N+]([O-])c1cccc(OC2CC(O)C23CCCCC3)c1. The Labute approximate surface area is 117 Å². The second-order valence-corrected chi connectivity index (χ2v) is 5.91. The highest BCUT2D eigenvalue weighted by Crippen LogP contribution is 2.53. The molecule has 5 nitrogen and oxygen atoms in total. The van der Waals surface area contributed by atoms with Crippen molar-refractivity contribution in [1.82, 2.24) is 0 Å². The van der Waals surface area contributed by atoms with E-state index in [2.05, 4.69) is 0 Å². The molecule has 2 aliphatic rings. The van der Waals surface area contributed by atoms with Gasteiger partial charge in [-0.1, -0.05) is 25.3 Å². The van der Waals surface area contributed by atoms with Crippen LogP contribution in [0.3, 0.4) is 0 Å². The lowest BCUT2D eigenvalue weighted by Crippen LogP contribution is -2.60. The Morgan fingerprint density at radius 1 is 1.30 bits per heavy atom. The number of nitro benzene ring substituents is 1. The van der Waals surface area contributed by atoms with Crippen molar-refractivity contribution >= 4 is 5.69 Å². The molecule has 2 saturated carbocycles. The minimum absolute atomic E-state index is 0.0141. The summed E-state index contributed by atoms with van der Waals surface area (Å²) in [6.45, 7) is 0. The van der Waals surface area contributed by atoms with Crippen LogP contribution in [0.1, 0.15) is 38.5 Å². The van der Waals surface area contributed by atoms with Crippen LogP contribution in [0.15, 0.2) is 24.3 Å². The maximum atomic E-state index is 10.8. The third-order valence-electron chi connectivity index (χ3n) is 4.83. The maximum Gasteiger partial charge on any atom is 0.273 e. The van der Waals surface area contributed by atoms with Crippen molar-refractivity contribution in [2.75, 3.05) is 0 Å². The van der Waals surface area contributed by atoms with Crippen LogP contribution in [0, 0.1) is 15.5 Å². The zero-order valence-corrected chi connectivity index (χ0v) is 11.3. The molecule has 2 fully saturated rings. The Hall–Kier alpha value is -1.62. The second-order valence-electron chi connectivity index (χ2n) is 5.91. The van der Waals surface area contributed by atoms with Gasteiger partial charge in [-0.25, -0.2) is 0 Å². The molecule has 5 heteroatoms. The summed E-state index contributed by atoms with van der Waals surface area (Å²) >= 11 is 0. The molecule has 0 aromatic heterocycles. The first kappa shape index (κ1) is 13.4. The Balaban J connectivity index is 1.74. The van der Waals surface area contributed by atoms with Crippen molar-refractivity contribution in [2.45, 2.75) is 50.7 Å². The average molecular weight is 277 g/mol. The lowest BCUT2D eigenvalue weighted by Gasteiger charge is -2.55. The number of aliphatic hydroxyl groups is 1. The number of hydrogen-bond acceptors (Lipinski definition) is 4. The van der Waals surface area contributed by atoms with Gasteiger partial charge in [0.1, 0.15) is 11.9 Å². The molecule has 1 aromatic rings. The Morgan fingerprint density at radius 3 is 2.70 bits per heavy atom. The molecule has 1 aromatic carbocycles. The van der Waals surface area contributed by atoms with E-state index in [1.54, 1.807) is 12.1 Å². The molecule has 2 unspecified atom stereocenters. The zero-order valence-electron chi connectivity index (χ0n) is 11.3. The summed E-state index contributed by atoms with van der Waals surface area (Å²) in [5.74, 6) is 0.529. The summed E-state index contributed by atoms with van der Waals surface area (Å²) in [4.78, 5) is 10.4. The zero-order chi connectivity index (χ0) is 14.2. The topological polar surface area (TPSA) is 72.6 Å². The lowest BCUT2D eigenvalue weighted by atomic mass is 9.56. The Morgan fingerprint density at radius 2 is 2.05 bits per heavy atom. The van der Waals surface area contributed by atoms with Crippen LogP contribution in [0.5, 0.6) is 5.75 Å². The van der Waals surface area contributed by atoms with E-state index >= 15 is 0 Å². The third-order valence-corrected chi connectivity index (χ3v) is 4.83. The average Bonchev–Trinajstić information content (AvgIpc) is 2.48. The van der Waals surface area contributed by atoms with Crippen molar-refractivity contribution in [3.05, 3.63) is 34.4 Å². The van der Waals surface area contributed by atoms with E-state index in [0.29, 0.717) is 12.2 Å². The molecule has 0 heterocycles. The van der Waals surface area contributed by atoms with E-state index < -0.39 is 4.92 Å². The molecule has 108 valence electrons. The Kier molecular flexibility index (Phi) is 3.38. The molecule has 1 N–H and O–H groups in total. The summed E-state index contributed by atoms with van der Waals surface area (Å²) in [6.07, 6.45) is 5.80. The number of aliphatic hydroxyl groups excluding tert-OH is 1. The van der Waals surface area contributed by atoms with E-state index in [9.17, 15) is 15.2 Å². The van der Waals surface area contributed by atoms with Gasteiger partial charge in [-0.3, -0.25) is 10.1 Å². The van der Waals surface area contributed by atoms with E-state index in [1.807, 2.05) is 0 Å². The van der Waals surface area contributed by atoms with Gasteiger partial charge in [-0.05, 0) is 18.9 Å². The van der Waals surface area contributed by atoms with Crippen molar-refractivity contribution in [1.29, 1.82) is 0 Å². The van der Waals surface area contributed by atoms with Gasteiger partial charge in [0.2, 0.25) is 0 Å². The van der Waals surface area contributed by atoms with E-state index in [-0.39, 0.29) is 23.3 Å².